The molecule has 0 radical (unpaired) electrons. The minimum Gasteiger partial charge on any atom is -0.339 e. The van der Waals surface area contributed by atoms with Crippen LogP contribution in [0.15, 0.2) is 4.52 Å². The van der Waals surface area contributed by atoms with Crippen molar-refractivity contribution in [3.8, 4) is 0 Å². The highest BCUT2D eigenvalue weighted by atomic mass is 16.5. The quantitative estimate of drug-likeness (QED) is 0.694. The van der Waals surface area contributed by atoms with Gasteiger partial charge in [0.15, 0.2) is 5.82 Å². The number of fused-ring (bicyclic) bond motifs is 2. The molecule has 2 atom stereocenters. The third kappa shape index (κ3) is 5.55. The molecule has 2 fully saturated rings. The van der Waals surface area contributed by atoms with Gasteiger partial charge in [-0.25, -0.2) is 0 Å². The average Bonchev–Trinajstić information content (AvgIpc) is 3.14. The van der Waals surface area contributed by atoms with E-state index in [1.54, 1.807) is 0 Å². The summed E-state index contributed by atoms with van der Waals surface area (Å²) in [7, 11) is 0. The zero-order valence-corrected chi connectivity index (χ0v) is 17.0. The minimum atomic E-state index is 0.111. The summed E-state index contributed by atoms with van der Waals surface area (Å²) in [5.41, 5.74) is 0.111. The summed E-state index contributed by atoms with van der Waals surface area (Å²) in [6, 6.07) is 0. The third-order valence-corrected chi connectivity index (χ3v) is 6.46. The molecule has 1 aromatic heterocycles. The van der Waals surface area contributed by atoms with Crippen LogP contribution in [0.25, 0.3) is 0 Å². The average molecular weight is 362 g/mol. The van der Waals surface area contributed by atoms with E-state index < -0.39 is 0 Å². The highest BCUT2D eigenvalue weighted by Gasteiger charge is 2.41. The fourth-order valence-corrected chi connectivity index (χ4v) is 4.85. The molecule has 0 aliphatic carbocycles. The molecule has 0 aromatic carbocycles. The zero-order valence-electron chi connectivity index (χ0n) is 17.0. The van der Waals surface area contributed by atoms with E-state index >= 15 is 0 Å². The molecule has 0 spiro atoms. The van der Waals surface area contributed by atoms with Crippen LogP contribution >= 0.6 is 0 Å². The molecule has 148 valence electrons. The smallest absolute Gasteiger partial charge is 0.234 e. The summed E-state index contributed by atoms with van der Waals surface area (Å²) < 4.78 is 5.86. The Labute approximate surface area is 160 Å². The van der Waals surface area contributed by atoms with Crippen molar-refractivity contribution in [1.29, 1.82) is 0 Å². The summed E-state index contributed by atoms with van der Waals surface area (Å²) >= 11 is 0. The van der Waals surface area contributed by atoms with Crippen molar-refractivity contribution in [2.24, 2.45) is 0 Å². The number of hydrogen-bond donors (Lipinski definition) is 0. The second kappa shape index (κ2) is 10.4. The van der Waals surface area contributed by atoms with Gasteiger partial charge in [-0.1, -0.05) is 69.9 Å². The van der Waals surface area contributed by atoms with Gasteiger partial charge in [-0.3, -0.25) is 0 Å². The number of unbranched alkanes of at least 4 members (excludes halogenated alkanes) is 1. The van der Waals surface area contributed by atoms with Gasteiger partial charge in [0, 0.05) is 13.0 Å². The first-order chi connectivity index (χ1) is 12.8. The first-order valence-corrected chi connectivity index (χ1v) is 11.4. The second-order valence-electron chi connectivity index (χ2n) is 8.71. The van der Waals surface area contributed by atoms with E-state index in [4.69, 9.17) is 9.51 Å². The molecule has 0 amide bonds. The van der Waals surface area contributed by atoms with Crippen molar-refractivity contribution in [2.75, 3.05) is 19.6 Å². The Morgan fingerprint density at radius 2 is 1.54 bits per heavy atom. The molecule has 4 nitrogen and oxygen atoms in total. The molecule has 3 rings (SSSR count). The van der Waals surface area contributed by atoms with Crippen LogP contribution in [0.2, 0.25) is 0 Å². The molecule has 4 heteroatoms. The maximum absolute atomic E-state index is 5.86. The van der Waals surface area contributed by atoms with Crippen molar-refractivity contribution in [3.63, 3.8) is 0 Å². The lowest BCUT2D eigenvalue weighted by molar-refractivity contribution is 0.106. The molecule has 1 aromatic rings. The number of piperidine rings is 1. The molecule has 2 saturated heterocycles. The molecule has 0 saturated carbocycles. The predicted octanol–water partition coefficient (Wildman–Crippen LogP) is 5.66. The summed E-state index contributed by atoms with van der Waals surface area (Å²) in [5, 5.41) is 4.32. The van der Waals surface area contributed by atoms with Crippen molar-refractivity contribution < 1.29 is 4.52 Å². The van der Waals surface area contributed by atoms with Gasteiger partial charge in [0.25, 0.3) is 0 Å². The van der Waals surface area contributed by atoms with Crippen LogP contribution in [-0.4, -0.2) is 34.7 Å². The largest absolute Gasteiger partial charge is 0.339 e. The second-order valence-corrected chi connectivity index (χ2v) is 8.71. The predicted molar refractivity (Wildman–Crippen MR) is 106 cm³/mol. The molecular formula is C22H39N3O. The van der Waals surface area contributed by atoms with E-state index in [2.05, 4.69) is 17.0 Å². The first-order valence-electron chi connectivity index (χ1n) is 11.4. The number of aryl methyl sites for hydroxylation is 1. The van der Waals surface area contributed by atoms with E-state index in [9.17, 15) is 0 Å². The van der Waals surface area contributed by atoms with Crippen molar-refractivity contribution in [3.05, 3.63) is 11.7 Å². The Morgan fingerprint density at radius 1 is 0.885 bits per heavy atom. The van der Waals surface area contributed by atoms with E-state index in [1.807, 2.05) is 0 Å². The Morgan fingerprint density at radius 3 is 2.31 bits per heavy atom. The summed E-state index contributed by atoms with van der Waals surface area (Å²) in [6.45, 7) is 5.84. The van der Waals surface area contributed by atoms with E-state index in [0.717, 1.165) is 31.1 Å². The highest BCUT2D eigenvalue weighted by molar-refractivity contribution is 5.09. The fourth-order valence-electron chi connectivity index (χ4n) is 4.85. The molecular weight excluding hydrogens is 322 g/mol. The standard InChI is InChI=1S/C22H39N3O/c1-2-3-14-20-23-21(26-24-20)22-15-11-9-7-5-4-6-8-10-12-17-25(19-22)18-13-16-22/h2-19H2,1H3. The number of rotatable bonds is 4. The van der Waals surface area contributed by atoms with Crippen molar-refractivity contribution >= 4 is 0 Å². The van der Waals surface area contributed by atoms with Crippen LogP contribution < -0.4 is 0 Å². The van der Waals surface area contributed by atoms with E-state index in [-0.39, 0.29) is 5.41 Å². The molecule has 0 N–H and O–H groups in total. The maximum atomic E-state index is 5.86. The third-order valence-electron chi connectivity index (χ3n) is 6.46. The summed E-state index contributed by atoms with van der Waals surface area (Å²) in [5.74, 6) is 1.87. The van der Waals surface area contributed by atoms with Crippen molar-refractivity contribution in [2.45, 2.75) is 109 Å². The molecule has 2 aliphatic rings. The van der Waals surface area contributed by atoms with Crippen LogP contribution in [0.3, 0.4) is 0 Å². The lowest BCUT2D eigenvalue weighted by atomic mass is 9.75. The summed E-state index contributed by atoms with van der Waals surface area (Å²) in [6.07, 6.45) is 19.5. The minimum absolute atomic E-state index is 0.111. The lowest BCUT2D eigenvalue weighted by Gasteiger charge is -2.40. The molecule has 2 unspecified atom stereocenters. The van der Waals surface area contributed by atoms with Gasteiger partial charge >= 0.3 is 0 Å². The van der Waals surface area contributed by atoms with Crippen molar-refractivity contribution in [1.82, 2.24) is 15.0 Å². The highest BCUT2D eigenvalue weighted by Crippen LogP contribution is 2.38. The van der Waals surface area contributed by atoms with E-state index in [1.165, 1.54) is 96.6 Å². The fraction of sp³-hybridized carbons (Fsp3) is 0.909. The van der Waals surface area contributed by atoms with Gasteiger partial charge in [0.2, 0.25) is 5.89 Å². The Bertz CT molecular complexity index is 515. The van der Waals surface area contributed by atoms with Crippen LogP contribution in [0.4, 0.5) is 0 Å². The normalized spacial score (nSPS) is 29.2. The SMILES string of the molecule is CCCCc1noc(C23CCCCCCCCCCCN(CCC2)C3)n1. The first kappa shape index (κ1) is 19.9. The number of nitrogens with zero attached hydrogens (tertiary/aromatic N) is 3. The van der Waals surface area contributed by atoms with Gasteiger partial charge in [0.05, 0.1) is 5.41 Å². The molecule has 26 heavy (non-hydrogen) atoms. The zero-order chi connectivity index (χ0) is 18.1. The van der Waals surface area contributed by atoms with Gasteiger partial charge in [0.1, 0.15) is 0 Å². The van der Waals surface area contributed by atoms with Crippen LogP contribution in [-0.2, 0) is 11.8 Å². The van der Waals surface area contributed by atoms with Gasteiger partial charge < -0.3 is 9.42 Å². The number of aromatic nitrogens is 2. The summed E-state index contributed by atoms with van der Waals surface area (Å²) in [4.78, 5) is 7.57. The number of hydrogen-bond acceptors (Lipinski definition) is 4. The van der Waals surface area contributed by atoms with Gasteiger partial charge in [-0.2, -0.15) is 4.98 Å². The topological polar surface area (TPSA) is 42.2 Å². The monoisotopic (exact) mass is 361 g/mol. The molecule has 3 heterocycles. The molecule has 2 bridgehead atoms. The van der Waals surface area contributed by atoms with Crippen LogP contribution in [0.1, 0.15) is 109 Å². The van der Waals surface area contributed by atoms with Crippen LogP contribution in [0, 0.1) is 0 Å². The van der Waals surface area contributed by atoms with Gasteiger partial charge in [-0.05, 0) is 45.2 Å². The van der Waals surface area contributed by atoms with E-state index in [0.29, 0.717) is 0 Å². The lowest BCUT2D eigenvalue weighted by Crippen LogP contribution is -2.46. The van der Waals surface area contributed by atoms with Crippen LogP contribution in [0.5, 0.6) is 0 Å². The Hall–Kier alpha value is -0.900. The van der Waals surface area contributed by atoms with Gasteiger partial charge in [-0.15, -0.1) is 0 Å². The molecule has 2 aliphatic heterocycles. The Kier molecular flexibility index (Phi) is 7.97. The maximum Gasteiger partial charge on any atom is 0.234 e. The Balaban J connectivity index is 1.71.